The van der Waals surface area contributed by atoms with Crippen molar-refractivity contribution in [1.82, 2.24) is 5.32 Å². The molecule has 6 nitrogen and oxygen atoms in total. The number of rotatable bonds is 12. The average molecular weight is 488 g/mol. The second-order valence-electron chi connectivity index (χ2n) is 9.10. The molecular weight excluding hydrogens is 454 g/mol. The third-order valence-corrected chi connectivity index (χ3v) is 6.56. The number of carboxylic acids is 1. The predicted molar refractivity (Wildman–Crippen MR) is 139 cm³/mol. The smallest absolute Gasteiger partial charge is 0.407 e. The summed E-state index contributed by atoms with van der Waals surface area (Å²) >= 11 is 0. The number of carbonyl (C=O) groups excluding carboxylic acids is 1. The molecule has 0 aromatic heterocycles. The first-order valence-electron chi connectivity index (χ1n) is 12.6. The first-order valence-corrected chi connectivity index (χ1v) is 12.6. The summed E-state index contributed by atoms with van der Waals surface area (Å²) in [5, 5.41) is 12.1. The minimum atomic E-state index is -1.00. The third-order valence-electron chi connectivity index (χ3n) is 6.56. The maximum atomic E-state index is 12.7. The van der Waals surface area contributed by atoms with E-state index in [1.807, 2.05) is 36.4 Å². The zero-order valence-corrected chi connectivity index (χ0v) is 20.6. The number of carboxylic acid groups (broad SMARTS) is 1. The van der Waals surface area contributed by atoms with Gasteiger partial charge in [0.2, 0.25) is 0 Å². The maximum Gasteiger partial charge on any atom is 0.407 e. The Labute approximate surface area is 212 Å². The van der Waals surface area contributed by atoms with Crippen LogP contribution in [-0.2, 0) is 9.53 Å². The Morgan fingerprint density at radius 1 is 0.889 bits per heavy atom. The lowest BCUT2D eigenvalue weighted by Gasteiger charge is -2.19. The molecule has 2 N–H and O–H groups in total. The van der Waals surface area contributed by atoms with E-state index in [4.69, 9.17) is 9.47 Å². The van der Waals surface area contributed by atoms with Crippen molar-refractivity contribution >= 4 is 12.1 Å². The Morgan fingerprint density at radius 3 is 2.14 bits per heavy atom. The molecule has 0 saturated carbocycles. The van der Waals surface area contributed by atoms with Gasteiger partial charge in [0, 0.05) is 5.92 Å². The molecule has 0 fully saturated rings. The Kier molecular flexibility index (Phi) is 8.61. The molecule has 0 unspecified atom stereocenters. The fourth-order valence-corrected chi connectivity index (χ4v) is 4.72. The predicted octanol–water partition coefficient (Wildman–Crippen LogP) is 6.70. The number of ether oxygens (including phenoxy) is 2. The molecule has 0 bridgehead atoms. The van der Waals surface area contributed by atoms with Crippen LogP contribution in [0.15, 0.2) is 72.8 Å². The maximum absolute atomic E-state index is 12.7. The van der Waals surface area contributed by atoms with Crippen molar-refractivity contribution in [3.63, 3.8) is 0 Å². The summed E-state index contributed by atoms with van der Waals surface area (Å²) in [6.45, 7) is 2.99. The molecule has 6 heteroatoms. The van der Waals surface area contributed by atoms with Gasteiger partial charge in [0.15, 0.2) is 0 Å². The number of aliphatic carboxylic acids is 1. The molecule has 4 rings (SSSR count). The second-order valence-corrected chi connectivity index (χ2v) is 9.10. The number of fused-ring (bicyclic) bond motifs is 3. The minimum Gasteiger partial charge on any atom is -0.494 e. The van der Waals surface area contributed by atoms with E-state index in [9.17, 15) is 14.7 Å². The Balaban J connectivity index is 1.37. The van der Waals surface area contributed by atoms with Gasteiger partial charge < -0.3 is 19.9 Å². The lowest BCUT2D eigenvalue weighted by Crippen LogP contribution is -2.31. The molecule has 188 valence electrons. The Morgan fingerprint density at radius 2 is 1.53 bits per heavy atom. The number of unbranched alkanes of at least 4 members (excludes halogenated alkanes) is 3. The number of nitrogens with one attached hydrogen (secondary N) is 1. The van der Waals surface area contributed by atoms with Crippen molar-refractivity contribution in [3.8, 4) is 16.9 Å². The van der Waals surface area contributed by atoms with E-state index in [2.05, 4.69) is 36.5 Å². The summed E-state index contributed by atoms with van der Waals surface area (Å²) < 4.78 is 11.4. The molecule has 0 saturated heterocycles. The van der Waals surface area contributed by atoms with E-state index in [-0.39, 0.29) is 18.9 Å². The molecule has 3 aromatic carbocycles. The van der Waals surface area contributed by atoms with Crippen LogP contribution in [0.25, 0.3) is 11.1 Å². The van der Waals surface area contributed by atoms with Crippen LogP contribution in [0.1, 0.15) is 67.7 Å². The number of amides is 1. The van der Waals surface area contributed by atoms with E-state index in [1.54, 1.807) is 12.1 Å². The van der Waals surface area contributed by atoms with Crippen LogP contribution in [0.2, 0.25) is 0 Å². The summed E-state index contributed by atoms with van der Waals surface area (Å²) in [5.74, 6) is -0.338. The van der Waals surface area contributed by atoms with Crippen LogP contribution < -0.4 is 10.1 Å². The first-order chi connectivity index (χ1) is 17.6. The van der Waals surface area contributed by atoms with Crippen LogP contribution in [0.4, 0.5) is 4.79 Å². The normalized spacial score (nSPS) is 12.9. The summed E-state index contributed by atoms with van der Waals surface area (Å²) in [4.78, 5) is 24.2. The topological polar surface area (TPSA) is 84.9 Å². The highest BCUT2D eigenvalue weighted by Crippen LogP contribution is 2.44. The molecule has 1 aliphatic carbocycles. The Hall–Kier alpha value is -3.80. The molecule has 3 aromatic rings. The fourth-order valence-electron chi connectivity index (χ4n) is 4.72. The number of carbonyl (C=O) groups is 2. The largest absolute Gasteiger partial charge is 0.494 e. The van der Waals surface area contributed by atoms with Gasteiger partial charge in [-0.05, 0) is 46.4 Å². The van der Waals surface area contributed by atoms with Gasteiger partial charge in [-0.15, -0.1) is 0 Å². The highest BCUT2D eigenvalue weighted by atomic mass is 16.5. The van der Waals surface area contributed by atoms with E-state index in [1.165, 1.54) is 12.8 Å². The van der Waals surface area contributed by atoms with Crippen LogP contribution in [0.3, 0.4) is 0 Å². The quantitative estimate of drug-likeness (QED) is 0.278. The van der Waals surface area contributed by atoms with Gasteiger partial charge in [-0.2, -0.15) is 0 Å². The van der Waals surface area contributed by atoms with Crippen molar-refractivity contribution < 1.29 is 24.2 Å². The van der Waals surface area contributed by atoms with Gasteiger partial charge in [-0.3, -0.25) is 4.79 Å². The minimum absolute atomic E-state index is 0.0603. The molecule has 0 heterocycles. The third kappa shape index (κ3) is 6.25. The van der Waals surface area contributed by atoms with Crippen molar-refractivity contribution in [2.75, 3.05) is 13.2 Å². The molecule has 0 spiro atoms. The molecule has 0 radical (unpaired) electrons. The highest BCUT2D eigenvalue weighted by Gasteiger charge is 2.29. The standard InChI is InChI=1S/C30H33NO5/c1-2-3-4-9-18-35-22-16-14-21(15-17-22)28(19-29(32)33)31-30(34)36-20-27-25-12-7-5-10-23(25)24-11-6-8-13-26(24)27/h5-8,10-17,27-28H,2-4,9,18-20H2,1H3,(H,31,34)(H,32,33)/t28-/m1/s1. The van der Waals surface area contributed by atoms with Gasteiger partial charge in [0.1, 0.15) is 12.4 Å². The van der Waals surface area contributed by atoms with Gasteiger partial charge in [-0.1, -0.05) is 86.8 Å². The van der Waals surface area contributed by atoms with Crippen molar-refractivity contribution in [1.29, 1.82) is 0 Å². The zero-order valence-electron chi connectivity index (χ0n) is 20.6. The van der Waals surface area contributed by atoms with Crippen LogP contribution in [0, 0.1) is 0 Å². The molecular formula is C30H33NO5. The van der Waals surface area contributed by atoms with Crippen molar-refractivity contribution in [2.24, 2.45) is 0 Å². The average Bonchev–Trinajstić information content (AvgIpc) is 3.21. The highest BCUT2D eigenvalue weighted by molar-refractivity contribution is 5.79. The summed E-state index contributed by atoms with van der Waals surface area (Å²) in [6, 6.07) is 22.7. The summed E-state index contributed by atoms with van der Waals surface area (Å²) in [6.07, 6.45) is 3.62. The number of alkyl carbamates (subject to hydrolysis) is 1. The van der Waals surface area contributed by atoms with Crippen LogP contribution in [0.5, 0.6) is 5.75 Å². The van der Waals surface area contributed by atoms with E-state index < -0.39 is 18.1 Å². The van der Waals surface area contributed by atoms with Crippen molar-refractivity contribution in [3.05, 3.63) is 89.5 Å². The molecule has 1 atom stereocenters. The van der Waals surface area contributed by atoms with Gasteiger partial charge in [0.05, 0.1) is 19.1 Å². The van der Waals surface area contributed by atoms with Gasteiger partial charge in [0.25, 0.3) is 0 Å². The Bertz CT molecular complexity index is 1130. The molecule has 0 aliphatic heterocycles. The fraction of sp³-hybridized carbons (Fsp3) is 0.333. The first kappa shape index (κ1) is 25.3. The van der Waals surface area contributed by atoms with E-state index in [0.29, 0.717) is 12.2 Å². The van der Waals surface area contributed by atoms with E-state index in [0.717, 1.165) is 40.8 Å². The molecule has 1 aliphatic rings. The summed E-state index contributed by atoms with van der Waals surface area (Å²) in [7, 11) is 0. The monoisotopic (exact) mass is 487 g/mol. The lowest BCUT2D eigenvalue weighted by molar-refractivity contribution is -0.137. The van der Waals surface area contributed by atoms with Crippen LogP contribution in [-0.4, -0.2) is 30.4 Å². The number of benzene rings is 3. The van der Waals surface area contributed by atoms with Gasteiger partial charge in [-0.25, -0.2) is 4.79 Å². The van der Waals surface area contributed by atoms with Crippen LogP contribution >= 0.6 is 0 Å². The van der Waals surface area contributed by atoms with E-state index >= 15 is 0 Å². The second kappa shape index (κ2) is 12.2. The SMILES string of the molecule is CCCCCCOc1ccc([C@@H](CC(=O)O)NC(=O)OCC2c3ccccc3-c3ccccc32)cc1. The molecule has 36 heavy (non-hydrogen) atoms. The molecule has 1 amide bonds. The summed E-state index contributed by atoms with van der Waals surface area (Å²) in [5.41, 5.74) is 5.24. The van der Waals surface area contributed by atoms with Crippen molar-refractivity contribution in [2.45, 2.75) is 51.0 Å². The number of hydrogen-bond donors (Lipinski definition) is 2. The van der Waals surface area contributed by atoms with Gasteiger partial charge >= 0.3 is 12.1 Å². The lowest BCUT2D eigenvalue weighted by atomic mass is 9.98. The number of hydrogen-bond acceptors (Lipinski definition) is 4. The zero-order chi connectivity index (χ0) is 25.3.